The van der Waals surface area contributed by atoms with Gasteiger partial charge >= 0.3 is 0 Å². The number of benzene rings is 1. The smallest absolute Gasteiger partial charge is 0.264 e. The topological polar surface area (TPSA) is 54.5 Å². The first-order chi connectivity index (χ1) is 9.34. The molecule has 20 heavy (non-hydrogen) atoms. The highest BCUT2D eigenvalue weighted by atomic mass is 35.7. The molecule has 1 aromatic carbocycles. The van der Waals surface area contributed by atoms with Crippen LogP contribution in [0.5, 0.6) is 0 Å². The molecule has 1 aromatic rings. The van der Waals surface area contributed by atoms with Crippen LogP contribution in [-0.2, 0) is 9.05 Å². The second kappa shape index (κ2) is 5.69. The fourth-order valence-electron chi connectivity index (χ4n) is 2.07. The average molecular weight is 320 g/mol. The molecule has 0 aliphatic heterocycles. The number of carbonyl (C=O) groups is 1. The summed E-state index contributed by atoms with van der Waals surface area (Å²) in [5, 5.41) is 0. The van der Waals surface area contributed by atoms with Crippen molar-refractivity contribution in [1.82, 2.24) is 4.90 Å². The molecule has 4 nitrogen and oxygen atoms in total. The minimum Gasteiger partial charge on any atom is -0.336 e. The van der Waals surface area contributed by atoms with Crippen molar-refractivity contribution in [3.05, 3.63) is 29.6 Å². The van der Waals surface area contributed by atoms with Crippen molar-refractivity contribution in [1.29, 1.82) is 0 Å². The lowest BCUT2D eigenvalue weighted by atomic mass is 10.2. The van der Waals surface area contributed by atoms with Crippen molar-refractivity contribution in [3.8, 4) is 0 Å². The highest BCUT2D eigenvalue weighted by Crippen LogP contribution is 2.29. The Kier molecular flexibility index (Phi) is 4.34. The van der Waals surface area contributed by atoms with Gasteiger partial charge in [0.25, 0.3) is 15.0 Å². The number of nitrogens with zero attached hydrogens (tertiary/aromatic N) is 1. The van der Waals surface area contributed by atoms with Gasteiger partial charge in [-0.25, -0.2) is 12.8 Å². The maximum absolute atomic E-state index is 13.5. The van der Waals surface area contributed by atoms with E-state index in [1.54, 1.807) is 4.90 Å². The summed E-state index contributed by atoms with van der Waals surface area (Å²) in [6.45, 7) is 2.56. The fourth-order valence-corrected chi connectivity index (χ4v) is 2.99. The summed E-state index contributed by atoms with van der Waals surface area (Å²) in [4.78, 5) is 13.4. The molecular formula is C13H15ClFNO3S. The molecule has 1 amide bonds. The lowest BCUT2D eigenvalue weighted by Gasteiger charge is -2.22. The van der Waals surface area contributed by atoms with Crippen LogP contribution in [0.4, 0.5) is 4.39 Å². The van der Waals surface area contributed by atoms with Crippen molar-refractivity contribution in [2.45, 2.75) is 37.1 Å². The third kappa shape index (κ3) is 3.30. The second-order valence-electron chi connectivity index (χ2n) is 4.81. The third-order valence-corrected chi connectivity index (χ3v) is 4.49. The SMILES string of the molecule is CCCN(C(=O)c1ccc(F)c(S(=O)(=O)Cl)c1)C1CC1. The first-order valence-electron chi connectivity index (χ1n) is 6.39. The zero-order chi connectivity index (χ0) is 14.9. The molecule has 0 unspecified atom stereocenters. The molecule has 2 rings (SSSR count). The minimum atomic E-state index is -4.21. The summed E-state index contributed by atoms with van der Waals surface area (Å²) in [6.07, 6.45) is 2.71. The van der Waals surface area contributed by atoms with Gasteiger partial charge in [-0.05, 0) is 37.5 Å². The largest absolute Gasteiger partial charge is 0.336 e. The predicted octanol–water partition coefficient (Wildman–Crippen LogP) is 2.77. The number of rotatable bonds is 5. The Morgan fingerprint density at radius 1 is 1.45 bits per heavy atom. The fraction of sp³-hybridized carbons (Fsp3) is 0.462. The van der Waals surface area contributed by atoms with Crippen LogP contribution in [0, 0.1) is 5.82 Å². The van der Waals surface area contributed by atoms with E-state index in [0.29, 0.717) is 6.54 Å². The van der Waals surface area contributed by atoms with E-state index in [2.05, 4.69) is 0 Å². The Morgan fingerprint density at radius 3 is 2.60 bits per heavy atom. The molecule has 1 saturated carbocycles. The lowest BCUT2D eigenvalue weighted by molar-refractivity contribution is 0.0743. The molecule has 1 aliphatic carbocycles. The third-order valence-electron chi connectivity index (χ3n) is 3.15. The molecule has 0 aromatic heterocycles. The van der Waals surface area contributed by atoms with Gasteiger partial charge in [-0.1, -0.05) is 6.92 Å². The van der Waals surface area contributed by atoms with Crippen LogP contribution in [-0.4, -0.2) is 31.8 Å². The van der Waals surface area contributed by atoms with E-state index in [4.69, 9.17) is 10.7 Å². The van der Waals surface area contributed by atoms with Crippen LogP contribution < -0.4 is 0 Å². The average Bonchev–Trinajstić information content (AvgIpc) is 3.18. The van der Waals surface area contributed by atoms with Crippen LogP contribution in [0.2, 0.25) is 0 Å². The molecule has 0 radical (unpaired) electrons. The molecule has 7 heteroatoms. The number of hydrogen-bond acceptors (Lipinski definition) is 3. The molecule has 0 heterocycles. The molecule has 0 atom stereocenters. The van der Waals surface area contributed by atoms with Gasteiger partial charge in [0.05, 0.1) is 0 Å². The standard InChI is InChI=1S/C13H15ClFNO3S/c1-2-7-16(10-4-5-10)13(17)9-3-6-11(15)12(8-9)20(14,18)19/h3,6,8,10H,2,4-5,7H2,1H3. The Morgan fingerprint density at radius 2 is 2.10 bits per heavy atom. The lowest BCUT2D eigenvalue weighted by Crippen LogP contribution is -2.33. The second-order valence-corrected chi connectivity index (χ2v) is 7.35. The van der Waals surface area contributed by atoms with E-state index in [0.717, 1.165) is 31.4 Å². The van der Waals surface area contributed by atoms with Crippen LogP contribution >= 0.6 is 10.7 Å². The zero-order valence-electron chi connectivity index (χ0n) is 11.0. The first-order valence-corrected chi connectivity index (χ1v) is 8.70. The molecule has 1 aliphatic rings. The molecule has 0 spiro atoms. The summed E-state index contributed by atoms with van der Waals surface area (Å²) >= 11 is 0. The van der Waals surface area contributed by atoms with Gasteiger partial charge in [0.15, 0.2) is 0 Å². The van der Waals surface area contributed by atoms with E-state index >= 15 is 0 Å². The van der Waals surface area contributed by atoms with Gasteiger partial charge < -0.3 is 4.90 Å². The monoisotopic (exact) mass is 319 g/mol. The van der Waals surface area contributed by atoms with E-state index in [1.807, 2.05) is 6.92 Å². The molecule has 1 fully saturated rings. The zero-order valence-corrected chi connectivity index (χ0v) is 12.5. The van der Waals surface area contributed by atoms with Gasteiger partial charge in [-0.15, -0.1) is 0 Å². The summed E-state index contributed by atoms with van der Waals surface area (Å²) in [5.74, 6) is -1.24. The highest BCUT2D eigenvalue weighted by molar-refractivity contribution is 8.13. The summed E-state index contributed by atoms with van der Waals surface area (Å²) in [7, 11) is 0.958. The summed E-state index contributed by atoms with van der Waals surface area (Å²) < 4.78 is 36.0. The minimum absolute atomic E-state index is 0.144. The van der Waals surface area contributed by atoms with Gasteiger partial charge in [-0.2, -0.15) is 0 Å². The van der Waals surface area contributed by atoms with Crippen LogP contribution in [0.3, 0.4) is 0 Å². The van der Waals surface area contributed by atoms with E-state index in [1.165, 1.54) is 6.07 Å². The maximum Gasteiger partial charge on any atom is 0.264 e. The van der Waals surface area contributed by atoms with Crippen molar-refractivity contribution in [2.75, 3.05) is 6.54 Å². The Labute approximate surface area is 121 Å². The van der Waals surface area contributed by atoms with Crippen LogP contribution in [0.1, 0.15) is 36.5 Å². The number of hydrogen-bond donors (Lipinski definition) is 0. The quantitative estimate of drug-likeness (QED) is 0.784. The van der Waals surface area contributed by atoms with Gasteiger partial charge in [0.2, 0.25) is 0 Å². The van der Waals surface area contributed by atoms with Gasteiger partial charge in [-0.3, -0.25) is 4.79 Å². The Hall–Kier alpha value is -1.14. The molecule has 0 saturated heterocycles. The summed E-state index contributed by atoms with van der Waals surface area (Å²) in [5.41, 5.74) is 0.144. The highest BCUT2D eigenvalue weighted by Gasteiger charge is 2.33. The molecular weight excluding hydrogens is 305 g/mol. The van der Waals surface area contributed by atoms with Crippen molar-refractivity contribution < 1.29 is 17.6 Å². The van der Waals surface area contributed by atoms with Crippen LogP contribution in [0.25, 0.3) is 0 Å². The predicted molar refractivity (Wildman–Crippen MR) is 73.8 cm³/mol. The number of halogens is 2. The van der Waals surface area contributed by atoms with Crippen LogP contribution in [0.15, 0.2) is 23.1 Å². The number of amides is 1. The Bertz CT molecular complexity index is 629. The first kappa shape index (κ1) is 15.3. The normalized spacial score (nSPS) is 15.2. The van der Waals surface area contributed by atoms with E-state index < -0.39 is 19.8 Å². The van der Waals surface area contributed by atoms with Crippen molar-refractivity contribution in [3.63, 3.8) is 0 Å². The maximum atomic E-state index is 13.5. The number of carbonyl (C=O) groups excluding carboxylic acids is 1. The van der Waals surface area contributed by atoms with Gasteiger partial charge in [0, 0.05) is 28.8 Å². The molecule has 110 valence electrons. The Balaban J connectivity index is 2.35. The summed E-state index contributed by atoms with van der Waals surface area (Å²) in [6, 6.07) is 3.46. The molecule has 0 N–H and O–H groups in total. The van der Waals surface area contributed by atoms with E-state index in [-0.39, 0.29) is 17.5 Å². The van der Waals surface area contributed by atoms with Crippen molar-refractivity contribution in [2.24, 2.45) is 0 Å². The van der Waals surface area contributed by atoms with Gasteiger partial charge in [0.1, 0.15) is 10.7 Å². The van der Waals surface area contributed by atoms with E-state index in [9.17, 15) is 17.6 Å². The molecule has 0 bridgehead atoms. The van der Waals surface area contributed by atoms with Crippen molar-refractivity contribution >= 4 is 25.6 Å².